The summed E-state index contributed by atoms with van der Waals surface area (Å²) in [4.78, 5) is 28.5. The summed E-state index contributed by atoms with van der Waals surface area (Å²) in [5, 5.41) is 5.05. The SMILES string of the molecule is Cc1nn(-c2ccc(Cl)cc2)c(=O)c(-c2ccccc2)c1C(=O)N1CCCC1. The quantitative estimate of drug-likeness (QED) is 0.673. The summed E-state index contributed by atoms with van der Waals surface area (Å²) in [5.74, 6) is -0.123. The standard InChI is InChI=1S/C22H20ClN3O2/c1-15-19(21(27)25-13-5-6-14-25)20(16-7-3-2-4-8-16)22(28)26(24-15)18-11-9-17(23)10-12-18/h2-4,7-12H,5-6,13-14H2,1H3. The third kappa shape index (κ3) is 3.34. The number of carbonyl (C=O) groups excluding carboxylic acids is 1. The predicted octanol–water partition coefficient (Wildman–Crippen LogP) is 4.10. The highest BCUT2D eigenvalue weighted by Gasteiger charge is 2.28. The van der Waals surface area contributed by atoms with Gasteiger partial charge in [0.25, 0.3) is 11.5 Å². The normalized spacial score (nSPS) is 13.7. The van der Waals surface area contributed by atoms with Crippen LogP contribution in [0, 0.1) is 6.92 Å². The lowest BCUT2D eigenvalue weighted by Crippen LogP contribution is -2.33. The average Bonchev–Trinajstić information content (AvgIpc) is 3.25. The van der Waals surface area contributed by atoms with Gasteiger partial charge in [-0.25, -0.2) is 0 Å². The van der Waals surface area contributed by atoms with E-state index >= 15 is 0 Å². The molecule has 3 aromatic rings. The first kappa shape index (κ1) is 18.4. The number of aryl methyl sites for hydroxylation is 1. The van der Waals surface area contributed by atoms with Gasteiger partial charge in [0.1, 0.15) is 0 Å². The maximum atomic E-state index is 13.4. The third-order valence-corrected chi connectivity index (χ3v) is 5.26. The Balaban J connectivity index is 1.96. The van der Waals surface area contributed by atoms with E-state index in [2.05, 4.69) is 5.10 Å². The second-order valence-electron chi connectivity index (χ2n) is 6.89. The minimum atomic E-state index is -0.318. The van der Waals surface area contributed by atoms with Crippen LogP contribution in [0.3, 0.4) is 0 Å². The lowest BCUT2D eigenvalue weighted by atomic mass is 9.99. The Bertz CT molecular complexity index is 1070. The highest BCUT2D eigenvalue weighted by molar-refractivity contribution is 6.30. The highest BCUT2D eigenvalue weighted by atomic mass is 35.5. The van der Waals surface area contributed by atoms with Gasteiger partial charge in [0.2, 0.25) is 0 Å². The van der Waals surface area contributed by atoms with Crippen molar-refractivity contribution < 1.29 is 4.79 Å². The molecule has 0 atom stereocenters. The molecule has 0 saturated carbocycles. The van der Waals surface area contributed by atoms with E-state index in [0.29, 0.717) is 46.2 Å². The zero-order valence-electron chi connectivity index (χ0n) is 15.6. The van der Waals surface area contributed by atoms with Crippen LogP contribution in [0.2, 0.25) is 5.02 Å². The summed E-state index contributed by atoms with van der Waals surface area (Å²) in [5.41, 5.74) is 2.31. The van der Waals surface area contributed by atoms with Crippen molar-refractivity contribution >= 4 is 17.5 Å². The summed E-state index contributed by atoms with van der Waals surface area (Å²) in [7, 11) is 0. The molecular formula is C22H20ClN3O2. The molecule has 1 aromatic heterocycles. The smallest absolute Gasteiger partial charge is 0.280 e. The molecular weight excluding hydrogens is 374 g/mol. The Hall–Kier alpha value is -2.92. The van der Waals surface area contributed by atoms with Crippen LogP contribution >= 0.6 is 11.6 Å². The van der Waals surface area contributed by atoms with Gasteiger partial charge in [-0.1, -0.05) is 41.9 Å². The Morgan fingerprint density at radius 1 is 1.00 bits per heavy atom. The molecule has 142 valence electrons. The molecule has 0 radical (unpaired) electrons. The zero-order chi connectivity index (χ0) is 19.7. The monoisotopic (exact) mass is 393 g/mol. The highest BCUT2D eigenvalue weighted by Crippen LogP contribution is 2.25. The van der Waals surface area contributed by atoms with Crippen molar-refractivity contribution in [1.82, 2.24) is 14.7 Å². The number of benzene rings is 2. The number of carbonyl (C=O) groups is 1. The van der Waals surface area contributed by atoms with Crippen LogP contribution in [-0.2, 0) is 0 Å². The molecule has 2 heterocycles. The van der Waals surface area contributed by atoms with E-state index in [1.807, 2.05) is 35.2 Å². The molecule has 0 spiro atoms. The van der Waals surface area contributed by atoms with Crippen molar-refractivity contribution in [1.29, 1.82) is 0 Å². The van der Waals surface area contributed by atoms with Gasteiger partial charge in [-0.3, -0.25) is 9.59 Å². The summed E-state index contributed by atoms with van der Waals surface area (Å²) in [6.07, 6.45) is 1.97. The molecule has 5 nitrogen and oxygen atoms in total. The van der Waals surface area contributed by atoms with Crippen molar-refractivity contribution in [3.63, 3.8) is 0 Å². The van der Waals surface area contributed by atoms with Crippen LogP contribution in [0.4, 0.5) is 0 Å². The average molecular weight is 394 g/mol. The lowest BCUT2D eigenvalue weighted by Gasteiger charge is -2.20. The van der Waals surface area contributed by atoms with Crippen molar-refractivity contribution in [2.45, 2.75) is 19.8 Å². The topological polar surface area (TPSA) is 55.2 Å². The minimum absolute atomic E-state index is 0.123. The van der Waals surface area contributed by atoms with Gasteiger partial charge in [-0.15, -0.1) is 0 Å². The van der Waals surface area contributed by atoms with Crippen molar-refractivity contribution in [3.05, 3.63) is 81.2 Å². The Kier molecular flexibility index (Phi) is 5.01. The van der Waals surface area contributed by atoms with Crippen LogP contribution in [0.1, 0.15) is 28.9 Å². The summed E-state index contributed by atoms with van der Waals surface area (Å²) < 4.78 is 1.34. The molecule has 28 heavy (non-hydrogen) atoms. The number of hydrogen-bond acceptors (Lipinski definition) is 3. The second-order valence-corrected chi connectivity index (χ2v) is 7.33. The van der Waals surface area contributed by atoms with Gasteiger partial charge >= 0.3 is 0 Å². The van der Waals surface area contributed by atoms with Gasteiger partial charge < -0.3 is 4.90 Å². The van der Waals surface area contributed by atoms with E-state index in [9.17, 15) is 9.59 Å². The lowest BCUT2D eigenvalue weighted by molar-refractivity contribution is 0.0792. The first-order chi connectivity index (χ1) is 13.6. The fourth-order valence-corrected chi connectivity index (χ4v) is 3.74. The predicted molar refractivity (Wildman–Crippen MR) is 110 cm³/mol. The summed E-state index contributed by atoms with van der Waals surface area (Å²) in [6, 6.07) is 16.2. The number of hydrogen-bond donors (Lipinski definition) is 0. The van der Waals surface area contributed by atoms with E-state index in [1.165, 1.54) is 4.68 Å². The minimum Gasteiger partial charge on any atom is -0.339 e. The van der Waals surface area contributed by atoms with E-state index in [1.54, 1.807) is 31.2 Å². The molecule has 1 saturated heterocycles. The molecule has 4 rings (SSSR count). The van der Waals surface area contributed by atoms with Crippen LogP contribution < -0.4 is 5.56 Å². The maximum absolute atomic E-state index is 13.4. The van der Waals surface area contributed by atoms with Crippen molar-refractivity contribution in [2.24, 2.45) is 0 Å². The first-order valence-electron chi connectivity index (χ1n) is 9.31. The Morgan fingerprint density at radius 3 is 2.29 bits per heavy atom. The van der Waals surface area contributed by atoms with Crippen LogP contribution in [0.25, 0.3) is 16.8 Å². The molecule has 2 aromatic carbocycles. The summed E-state index contributed by atoms with van der Waals surface area (Å²) in [6.45, 7) is 3.21. The zero-order valence-corrected chi connectivity index (χ0v) is 16.3. The largest absolute Gasteiger partial charge is 0.339 e. The molecule has 6 heteroatoms. The maximum Gasteiger partial charge on any atom is 0.280 e. The van der Waals surface area contributed by atoms with Gasteiger partial charge in [0.15, 0.2) is 0 Å². The number of nitrogens with zero attached hydrogens (tertiary/aromatic N) is 3. The van der Waals surface area contributed by atoms with Gasteiger partial charge in [0, 0.05) is 18.1 Å². The van der Waals surface area contributed by atoms with Crippen molar-refractivity contribution in [2.75, 3.05) is 13.1 Å². The molecule has 0 unspecified atom stereocenters. The van der Waals surface area contributed by atoms with Crippen molar-refractivity contribution in [3.8, 4) is 16.8 Å². The second kappa shape index (κ2) is 7.60. The fraction of sp³-hybridized carbons (Fsp3) is 0.227. The summed E-state index contributed by atoms with van der Waals surface area (Å²) >= 11 is 5.98. The molecule has 0 bridgehead atoms. The molecule has 0 N–H and O–H groups in total. The number of halogens is 1. The van der Waals surface area contributed by atoms with Crippen LogP contribution in [0.5, 0.6) is 0 Å². The third-order valence-electron chi connectivity index (χ3n) is 5.01. The van der Waals surface area contributed by atoms with Crippen LogP contribution in [0.15, 0.2) is 59.4 Å². The first-order valence-corrected chi connectivity index (χ1v) is 9.68. The van der Waals surface area contributed by atoms with E-state index in [4.69, 9.17) is 11.6 Å². The van der Waals surface area contributed by atoms with Gasteiger partial charge in [0.05, 0.1) is 22.5 Å². The number of amides is 1. The Morgan fingerprint density at radius 2 is 1.64 bits per heavy atom. The van der Waals surface area contributed by atoms with E-state index in [-0.39, 0.29) is 11.5 Å². The number of rotatable bonds is 3. The molecule has 1 fully saturated rings. The van der Waals surface area contributed by atoms with Gasteiger partial charge in [-0.05, 0) is 49.6 Å². The molecule has 1 aliphatic heterocycles. The van der Waals surface area contributed by atoms with E-state index < -0.39 is 0 Å². The molecule has 1 amide bonds. The van der Waals surface area contributed by atoms with E-state index in [0.717, 1.165) is 12.8 Å². The molecule has 0 aliphatic carbocycles. The Labute approximate surface area is 168 Å². The van der Waals surface area contributed by atoms with Crippen LogP contribution in [-0.4, -0.2) is 33.7 Å². The number of likely N-dealkylation sites (tertiary alicyclic amines) is 1. The molecule has 1 aliphatic rings. The number of aromatic nitrogens is 2. The van der Waals surface area contributed by atoms with Gasteiger partial charge in [-0.2, -0.15) is 9.78 Å². The fourth-order valence-electron chi connectivity index (χ4n) is 3.61.